The van der Waals surface area contributed by atoms with E-state index in [1.807, 2.05) is 13.8 Å². The summed E-state index contributed by atoms with van der Waals surface area (Å²) in [5.74, 6) is 0. The van der Waals surface area contributed by atoms with Crippen LogP contribution in [0.15, 0.2) is 23.0 Å². The Morgan fingerprint density at radius 1 is 1.26 bits per heavy atom. The SMILES string of the molecule is CCCN(CCC)C1=C([N+](=O)[O-])C=C(C)C(C)(OC)C1[N+](=O)[O-]. The van der Waals surface area contributed by atoms with Crippen LogP contribution in [0.2, 0.25) is 0 Å². The van der Waals surface area contributed by atoms with Crippen molar-refractivity contribution in [1.82, 2.24) is 4.90 Å². The smallest absolute Gasteiger partial charge is 0.295 e. The van der Waals surface area contributed by atoms with Crippen LogP contribution < -0.4 is 0 Å². The molecule has 0 amide bonds. The van der Waals surface area contributed by atoms with Gasteiger partial charge in [-0.3, -0.25) is 20.2 Å². The summed E-state index contributed by atoms with van der Waals surface area (Å²) in [7, 11) is 1.40. The number of hydrogen-bond donors (Lipinski definition) is 0. The van der Waals surface area contributed by atoms with E-state index in [0.29, 0.717) is 18.7 Å². The van der Waals surface area contributed by atoms with Gasteiger partial charge in [0.25, 0.3) is 11.7 Å². The molecule has 1 rings (SSSR count). The molecule has 0 saturated heterocycles. The Bertz CT molecular complexity index is 537. The average molecular weight is 327 g/mol. The van der Waals surface area contributed by atoms with Gasteiger partial charge in [-0.1, -0.05) is 13.8 Å². The van der Waals surface area contributed by atoms with Crippen molar-refractivity contribution in [3.05, 3.63) is 43.3 Å². The molecule has 130 valence electrons. The largest absolute Gasteiger partial charge is 0.366 e. The van der Waals surface area contributed by atoms with Crippen LogP contribution in [0.3, 0.4) is 0 Å². The summed E-state index contributed by atoms with van der Waals surface area (Å²) in [6.45, 7) is 8.17. The molecule has 2 unspecified atom stereocenters. The molecule has 0 fully saturated rings. The molecule has 0 aromatic carbocycles. The van der Waals surface area contributed by atoms with Crippen LogP contribution in [-0.2, 0) is 4.74 Å². The summed E-state index contributed by atoms with van der Waals surface area (Å²) < 4.78 is 5.44. The first-order chi connectivity index (χ1) is 10.7. The van der Waals surface area contributed by atoms with E-state index in [1.165, 1.54) is 13.2 Å². The second-order valence-electron chi connectivity index (χ2n) is 5.84. The van der Waals surface area contributed by atoms with Gasteiger partial charge in [-0.2, -0.15) is 0 Å². The highest BCUT2D eigenvalue weighted by molar-refractivity contribution is 5.38. The van der Waals surface area contributed by atoms with E-state index in [1.54, 1.807) is 18.7 Å². The molecule has 0 radical (unpaired) electrons. The van der Waals surface area contributed by atoms with Gasteiger partial charge < -0.3 is 9.64 Å². The van der Waals surface area contributed by atoms with Crippen molar-refractivity contribution in [2.24, 2.45) is 0 Å². The van der Waals surface area contributed by atoms with Crippen LogP contribution >= 0.6 is 0 Å². The summed E-state index contributed by atoms with van der Waals surface area (Å²) in [6, 6.07) is -1.31. The maximum absolute atomic E-state index is 11.8. The topological polar surface area (TPSA) is 98.8 Å². The lowest BCUT2D eigenvalue weighted by molar-refractivity contribution is -0.538. The highest BCUT2D eigenvalue weighted by Gasteiger charge is 2.54. The van der Waals surface area contributed by atoms with Crippen LogP contribution in [0.25, 0.3) is 0 Å². The average Bonchev–Trinajstić information content (AvgIpc) is 2.48. The first kappa shape index (κ1) is 19.1. The zero-order valence-corrected chi connectivity index (χ0v) is 14.4. The minimum Gasteiger partial charge on any atom is -0.366 e. The van der Waals surface area contributed by atoms with Gasteiger partial charge in [0.15, 0.2) is 11.3 Å². The lowest BCUT2D eigenvalue weighted by Gasteiger charge is -2.38. The summed E-state index contributed by atoms with van der Waals surface area (Å²) >= 11 is 0. The van der Waals surface area contributed by atoms with Gasteiger partial charge in [-0.05, 0) is 32.3 Å². The second-order valence-corrected chi connectivity index (χ2v) is 5.84. The predicted molar refractivity (Wildman–Crippen MR) is 86.1 cm³/mol. The van der Waals surface area contributed by atoms with Crippen molar-refractivity contribution in [3.63, 3.8) is 0 Å². The van der Waals surface area contributed by atoms with Gasteiger partial charge in [0.1, 0.15) is 0 Å². The second kappa shape index (κ2) is 7.54. The van der Waals surface area contributed by atoms with Gasteiger partial charge in [-0.25, -0.2) is 0 Å². The van der Waals surface area contributed by atoms with Gasteiger partial charge in [0.05, 0.1) is 4.92 Å². The Labute approximate surface area is 136 Å². The molecule has 1 aliphatic carbocycles. The lowest BCUT2D eigenvalue weighted by atomic mass is 9.81. The number of ether oxygens (including phenoxy) is 1. The van der Waals surface area contributed by atoms with Crippen LogP contribution in [0.1, 0.15) is 40.5 Å². The number of rotatable bonds is 8. The fourth-order valence-corrected chi connectivity index (χ4v) is 2.99. The van der Waals surface area contributed by atoms with Crippen LogP contribution in [0, 0.1) is 20.2 Å². The third-order valence-electron chi connectivity index (χ3n) is 4.34. The van der Waals surface area contributed by atoms with Gasteiger partial charge in [-0.15, -0.1) is 0 Å². The van der Waals surface area contributed by atoms with Crippen molar-refractivity contribution in [2.75, 3.05) is 20.2 Å². The Morgan fingerprint density at radius 3 is 2.13 bits per heavy atom. The summed E-state index contributed by atoms with van der Waals surface area (Å²) in [5.41, 5.74) is -0.803. The number of methoxy groups -OCH3 is 1. The molecule has 0 aliphatic heterocycles. The fraction of sp³-hybridized carbons (Fsp3) is 0.733. The summed E-state index contributed by atoms with van der Waals surface area (Å²) in [6.07, 6.45) is 2.88. The van der Waals surface area contributed by atoms with E-state index in [0.717, 1.165) is 12.8 Å². The molecule has 23 heavy (non-hydrogen) atoms. The Morgan fingerprint density at radius 2 is 1.78 bits per heavy atom. The monoisotopic (exact) mass is 327 g/mol. The molecule has 0 saturated carbocycles. The molecule has 1 aliphatic rings. The van der Waals surface area contributed by atoms with E-state index < -0.39 is 21.5 Å². The Balaban J connectivity index is 3.64. The van der Waals surface area contributed by atoms with Crippen LogP contribution in [-0.4, -0.2) is 46.6 Å². The molecule has 0 heterocycles. The molecule has 0 bridgehead atoms. The molecule has 8 nitrogen and oxygen atoms in total. The maximum atomic E-state index is 11.8. The third kappa shape index (κ3) is 3.52. The van der Waals surface area contributed by atoms with E-state index in [-0.39, 0.29) is 11.4 Å². The van der Waals surface area contributed by atoms with Crippen molar-refractivity contribution >= 4 is 0 Å². The van der Waals surface area contributed by atoms with Gasteiger partial charge >= 0.3 is 0 Å². The Kier molecular flexibility index (Phi) is 6.26. The molecule has 0 aromatic rings. The Hall–Kier alpha value is -1.96. The normalized spacial score (nSPS) is 24.4. The van der Waals surface area contributed by atoms with Crippen molar-refractivity contribution in [2.45, 2.75) is 52.2 Å². The molecule has 8 heteroatoms. The van der Waals surface area contributed by atoms with Crippen molar-refractivity contribution in [3.8, 4) is 0 Å². The molecule has 0 aromatic heterocycles. The van der Waals surface area contributed by atoms with E-state index in [9.17, 15) is 20.2 Å². The molecular weight excluding hydrogens is 302 g/mol. The van der Waals surface area contributed by atoms with E-state index in [4.69, 9.17) is 4.74 Å². The quantitative estimate of drug-likeness (QED) is 0.502. The van der Waals surface area contributed by atoms with E-state index in [2.05, 4.69) is 0 Å². The summed E-state index contributed by atoms with van der Waals surface area (Å²) in [4.78, 5) is 24.0. The minimum atomic E-state index is -1.31. The number of hydrogen-bond acceptors (Lipinski definition) is 6. The molecular formula is C15H25N3O5. The molecule has 0 spiro atoms. The highest BCUT2D eigenvalue weighted by Crippen LogP contribution is 2.38. The zero-order chi connectivity index (χ0) is 17.8. The third-order valence-corrected chi connectivity index (χ3v) is 4.34. The van der Waals surface area contributed by atoms with Crippen LogP contribution in [0.5, 0.6) is 0 Å². The molecule has 2 atom stereocenters. The predicted octanol–water partition coefficient (Wildman–Crippen LogP) is 2.61. The van der Waals surface area contributed by atoms with Crippen molar-refractivity contribution < 1.29 is 14.6 Å². The van der Waals surface area contributed by atoms with Crippen molar-refractivity contribution in [1.29, 1.82) is 0 Å². The number of nitro groups is 2. The molecule has 0 N–H and O–H groups in total. The van der Waals surface area contributed by atoms with Gasteiger partial charge in [0.2, 0.25) is 0 Å². The highest BCUT2D eigenvalue weighted by atomic mass is 16.6. The first-order valence-corrected chi connectivity index (χ1v) is 7.75. The summed E-state index contributed by atoms with van der Waals surface area (Å²) in [5, 5.41) is 23.3. The first-order valence-electron chi connectivity index (χ1n) is 7.75. The van der Waals surface area contributed by atoms with Gasteiger partial charge in [0, 0.05) is 31.2 Å². The fourth-order valence-electron chi connectivity index (χ4n) is 2.99. The van der Waals surface area contributed by atoms with E-state index >= 15 is 0 Å². The van der Waals surface area contributed by atoms with Crippen LogP contribution in [0.4, 0.5) is 0 Å². The standard InChI is InChI=1S/C15H25N3O5/c1-6-8-16(9-7-2)13-12(17(19)20)10-11(3)15(4,23-5)14(13)18(21)22/h10,14H,6-9H2,1-5H3. The lowest BCUT2D eigenvalue weighted by Crippen LogP contribution is -2.54. The number of nitrogens with zero attached hydrogens (tertiary/aromatic N) is 3. The number of allylic oxidation sites excluding steroid dienone is 1. The maximum Gasteiger partial charge on any atom is 0.295 e. The minimum absolute atomic E-state index is 0.138. The zero-order valence-electron chi connectivity index (χ0n) is 14.4.